The Morgan fingerprint density at radius 1 is 1.24 bits per heavy atom. The number of benzene rings is 1. The van der Waals surface area contributed by atoms with Crippen molar-refractivity contribution < 1.29 is 0 Å². The molecule has 3 rings (SSSR count). The molecule has 2 heterocycles. The minimum absolute atomic E-state index is 0.627. The number of hydrogen-bond acceptors (Lipinski definition) is 3. The predicted molar refractivity (Wildman–Crippen MR) is 73.8 cm³/mol. The molecule has 0 radical (unpaired) electrons. The van der Waals surface area contributed by atoms with Crippen molar-refractivity contribution in [3.05, 3.63) is 32.9 Å². The van der Waals surface area contributed by atoms with E-state index in [1.54, 1.807) is 6.07 Å². The first kappa shape index (κ1) is 10.9. The van der Waals surface area contributed by atoms with Crippen molar-refractivity contribution in [1.29, 1.82) is 0 Å². The molecule has 0 spiro atoms. The summed E-state index contributed by atoms with van der Waals surface area (Å²) in [5.41, 5.74) is 8.97. The lowest BCUT2D eigenvalue weighted by molar-refractivity contribution is 1.35. The second-order valence-corrected chi connectivity index (χ2v) is 5.89. The first-order valence-electron chi connectivity index (χ1n) is 4.84. The molecule has 0 aliphatic rings. The molecule has 3 aromatic rings. The Bertz CT molecular complexity index is 702. The van der Waals surface area contributed by atoms with Gasteiger partial charge in [-0.15, -0.1) is 11.3 Å². The van der Waals surface area contributed by atoms with Gasteiger partial charge in [-0.2, -0.15) is 0 Å². The number of anilines is 1. The van der Waals surface area contributed by atoms with Gasteiger partial charge in [-0.05, 0) is 24.3 Å². The lowest BCUT2D eigenvalue weighted by atomic mass is 10.3. The number of nitrogens with zero attached hydrogens (tertiary/aromatic N) is 1. The molecule has 0 aliphatic heterocycles. The van der Waals surface area contributed by atoms with E-state index in [9.17, 15) is 0 Å². The number of rotatable bonds is 1. The molecule has 6 heteroatoms. The zero-order chi connectivity index (χ0) is 12.0. The summed E-state index contributed by atoms with van der Waals surface area (Å²) in [6, 6.07) is 7.32. The third-order valence-electron chi connectivity index (χ3n) is 2.42. The molecule has 86 valence electrons. The van der Waals surface area contributed by atoms with Gasteiger partial charge in [0, 0.05) is 11.3 Å². The second-order valence-electron chi connectivity index (χ2n) is 3.60. The van der Waals surface area contributed by atoms with Gasteiger partial charge < -0.3 is 10.7 Å². The number of halogens is 2. The van der Waals surface area contributed by atoms with Crippen molar-refractivity contribution >= 4 is 51.3 Å². The number of H-pyrrole nitrogens is 1. The molecule has 0 saturated heterocycles. The Balaban J connectivity index is 2.21. The second kappa shape index (κ2) is 3.91. The van der Waals surface area contributed by atoms with E-state index >= 15 is 0 Å². The molecule has 0 aliphatic carbocycles. The topological polar surface area (TPSA) is 54.7 Å². The van der Waals surface area contributed by atoms with E-state index in [-0.39, 0.29) is 0 Å². The SMILES string of the molecule is Nc1ccc2nc(-c3cc(Cl)sc3Cl)[nH]c2c1. The minimum atomic E-state index is 0.627. The molecule has 0 fully saturated rings. The van der Waals surface area contributed by atoms with Crippen molar-refractivity contribution in [2.75, 3.05) is 5.73 Å². The van der Waals surface area contributed by atoms with Crippen LogP contribution in [-0.4, -0.2) is 9.97 Å². The maximum Gasteiger partial charge on any atom is 0.140 e. The van der Waals surface area contributed by atoms with Crippen LogP contribution >= 0.6 is 34.5 Å². The van der Waals surface area contributed by atoms with Crippen molar-refractivity contribution in [3.8, 4) is 11.4 Å². The summed E-state index contributed by atoms with van der Waals surface area (Å²) in [7, 11) is 0. The van der Waals surface area contributed by atoms with Gasteiger partial charge in [0.25, 0.3) is 0 Å². The average molecular weight is 284 g/mol. The lowest BCUT2D eigenvalue weighted by Crippen LogP contribution is -1.82. The van der Waals surface area contributed by atoms with Gasteiger partial charge >= 0.3 is 0 Å². The Morgan fingerprint density at radius 3 is 2.76 bits per heavy atom. The van der Waals surface area contributed by atoms with Gasteiger partial charge in [-0.1, -0.05) is 23.2 Å². The lowest BCUT2D eigenvalue weighted by Gasteiger charge is -1.90. The van der Waals surface area contributed by atoms with Crippen molar-refractivity contribution in [2.24, 2.45) is 0 Å². The number of imidazole rings is 1. The highest BCUT2D eigenvalue weighted by atomic mass is 35.5. The Hall–Kier alpha value is -1.23. The van der Waals surface area contributed by atoms with Gasteiger partial charge in [-0.3, -0.25) is 0 Å². The van der Waals surface area contributed by atoms with E-state index in [0.717, 1.165) is 16.6 Å². The molecule has 0 unspecified atom stereocenters. The van der Waals surface area contributed by atoms with Crippen LogP contribution in [0.3, 0.4) is 0 Å². The van der Waals surface area contributed by atoms with E-state index in [1.807, 2.05) is 18.2 Å². The van der Waals surface area contributed by atoms with Crippen molar-refractivity contribution in [3.63, 3.8) is 0 Å². The molecule has 17 heavy (non-hydrogen) atoms. The van der Waals surface area contributed by atoms with Gasteiger partial charge in [0.1, 0.15) is 10.2 Å². The number of aromatic amines is 1. The monoisotopic (exact) mass is 283 g/mol. The highest BCUT2D eigenvalue weighted by molar-refractivity contribution is 7.20. The van der Waals surface area contributed by atoms with E-state index in [0.29, 0.717) is 20.2 Å². The van der Waals surface area contributed by atoms with E-state index in [2.05, 4.69) is 9.97 Å². The summed E-state index contributed by atoms with van der Waals surface area (Å²) in [6.45, 7) is 0. The Kier molecular flexibility index (Phi) is 2.50. The largest absolute Gasteiger partial charge is 0.399 e. The molecule has 1 aromatic carbocycles. The molecule has 0 saturated carbocycles. The van der Waals surface area contributed by atoms with Crippen molar-refractivity contribution in [2.45, 2.75) is 0 Å². The Labute approximate surface area is 111 Å². The third-order valence-corrected chi connectivity index (χ3v) is 3.91. The summed E-state index contributed by atoms with van der Waals surface area (Å²) in [6.07, 6.45) is 0. The molecular weight excluding hydrogens is 277 g/mol. The van der Waals surface area contributed by atoms with Crippen LogP contribution in [0.15, 0.2) is 24.3 Å². The van der Waals surface area contributed by atoms with Crippen LogP contribution in [-0.2, 0) is 0 Å². The molecular formula is C11H7Cl2N3S. The fraction of sp³-hybridized carbons (Fsp3) is 0. The fourth-order valence-corrected chi connectivity index (χ4v) is 3.12. The van der Waals surface area contributed by atoms with Crippen LogP contribution in [0.4, 0.5) is 5.69 Å². The van der Waals surface area contributed by atoms with E-state index in [4.69, 9.17) is 28.9 Å². The summed E-state index contributed by atoms with van der Waals surface area (Å²) < 4.78 is 1.27. The van der Waals surface area contributed by atoms with Crippen LogP contribution in [0.5, 0.6) is 0 Å². The van der Waals surface area contributed by atoms with E-state index < -0.39 is 0 Å². The maximum absolute atomic E-state index is 6.09. The number of hydrogen-bond donors (Lipinski definition) is 2. The number of fused-ring (bicyclic) bond motifs is 1. The number of aromatic nitrogens is 2. The molecule has 2 aromatic heterocycles. The summed E-state index contributed by atoms with van der Waals surface area (Å²) >= 11 is 13.3. The van der Waals surface area contributed by atoms with E-state index in [1.165, 1.54) is 11.3 Å². The quantitative estimate of drug-likeness (QED) is 0.658. The molecule has 0 atom stereocenters. The van der Waals surface area contributed by atoms with Gasteiger partial charge in [0.2, 0.25) is 0 Å². The zero-order valence-electron chi connectivity index (χ0n) is 8.50. The highest BCUT2D eigenvalue weighted by Crippen LogP contribution is 2.37. The Morgan fingerprint density at radius 2 is 2.06 bits per heavy atom. The molecule has 3 nitrogen and oxygen atoms in total. The number of nitrogen functional groups attached to an aromatic ring is 1. The summed E-state index contributed by atoms with van der Waals surface area (Å²) in [4.78, 5) is 7.63. The molecule has 0 amide bonds. The third kappa shape index (κ3) is 1.88. The van der Waals surface area contributed by atoms with Crippen LogP contribution in [0.1, 0.15) is 0 Å². The van der Waals surface area contributed by atoms with Gasteiger partial charge in [0.05, 0.1) is 15.4 Å². The average Bonchev–Trinajstić information content (AvgIpc) is 2.80. The van der Waals surface area contributed by atoms with Gasteiger partial charge in [0.15, 0.2) is 0 Å². The summed E-state index contributed by atoms with van der Waals surface area (Å²) in [5, 5.41) is 0. The molecule has 0 bridgehead atoms. The number of thiophene rings is 1. The maximum atomic E-state index is 6.09. The van der Waals surface area contributed by atoms with Crippen LogP contribution in [0.25, 0.3) is 22.4 Å². The first-order chi connectivity index (χ1) is 8.13. The normalized spacial score (nSPS) is 11.2. The first-order valence-corrected chi connectivity index (χ1v) is 6.41. The van der Waals surface area contributed by atoms with Crippen LogP contribution < -0.4 is 5.73 Å². The zero-order valence-corrected chi connectivity index (χ0v) is 10.8. The highest BCUT2D eigenvalue weighted by Gasteiger charge is 2.12. The summed E-state index contributed by atoms with van der Waals surface area (Å²) in [5.74, 6) is 0.707. The smallest absolute Gasteiger partial charge is 0.140 e. The standard InChI is InChI=1S/C11H7Cl2N3S/c12-9-4-6(10(13)17-9)11-15-7-2-1-5(14)3-8(7)16-11/h1-4H,14H2,(H,15,16). The fourth-order valence-electron chi connectivity index (χ4n) is 1.66. The van der Waals surface area contributed by atoms with Crippen molar-refractivity contribution in [1.82, 2.24) is 9.97 Å². The number of nitrogens with two attached hydrogens (primary N) is 1. The molecule has 3 N–H and O–H groups in total. The van der Waals surface area contributed by atoms with Gasteiger partial charge in [-0.25, -0.2) is 4.98 Å². The minimum Gasteiger partial charge on any atom is -0.399 e. The van der Waals surface area contributed by atoms with Crippen LogP contribution in [0.2, 0.25) is 8.67 Å². The number of nitrogens with one attached hydrogen (secondary N) is 1. The predicted octanol–water partition coefficient (Wildman–Crippen LogP) is 4.18. The van der Waals surface area contributed by atoms with Crippen LogP contribution in [0, 0.1) is 0 Å².